The number of nitrogens with zero attached hydrogens (tertiary/aromatic N) is 3. The quantitative estimate of drug-likeness (QED) is 0.373. The van der Waals surface area contributed by atoms with Gasteiger partial charge in [0.25, 0.3) is 5.56 Å². The minimum Gasteiger partial charge on any atom is -0.409 e. The molecule has 0 aliphatic rings. The predicted octanol–water partition coefficient (Wildman–Crippen LogP) is 1.08. The van der Waals surface area contributed by atoms with E-state index in [4.69, 9.17) is 10.9 Å². The highest BCUT2D eigenvalue weighted by Gasteiger charge is 2.10. The van der Waals surface area contributed by atoms with Gasteiger partial charge in [-0.2, -0.15) is 0 Å². The Morgan fingerprint density at radius 2 is 2.00 bits per heavy atom. The summed E-state index contributed by atoms with van der Waals surface area (Å²) in [5.41, 5.74) is 7.15. The van der Waals surface area contributed by atoms with Crippen LogP contribution in [0, 0.1) is 0 Å². The van der Waals surface area contributed by atoms with Crippen LogP contribution in [-0.2, 0) is 6.54 Å². The number of hydrogen-bond donors (Lipinski definition) is 2. The fourth-order valence-corrected chi connectivity index (χ4v) is 2.10. The Kier molecular flexibility index (Phi) is 4.61. The number of oxime groups is 1. The first-order valence-electron chi connectivity index (χ1n) is 6.57. The van der Waals surface area contributed by atoms with Crippen molar-refractivity contribution < 1.29 is 5.21 Å². The molecule has 3 N–H and O–H groups in total. The van der Waals surface area contributed by atoms with Gasteiger partial charge in [-0.1, -0.05) is 23.4 Å². The summed E-state index contributed by atoms with van der Waals surface area (Å²) in [6.45, 7) is 1.18. The number of pyridine rings is 1. The Morgan fingerprint density at radius 3 is 2.71 bits per heavy atom. The van der Waals surface area contributed by atoms with Gasteiger partial charge in [0, 0.05) is 43.7 Å². The number of para-hydroxylation sites is 1. The Bertz CT molecular complexity index is 694. The zero-order chi connectivity index (χ0) is 15.2. The lowest BCUT2D eigenvalue weighted by Gasteiger charge is -2.22. The smallest absolute Gasteiger partial charge is 0.250 e. The number of anilines is 1. The summed E-state index contributed by atoms with van der Waals surface area (Å²) in [7, 11) is 1.90. The van der Waals surface area contributed by atoms with Crippen LogP contribution in [0.15, 0.2) is 58.6 Å². The second kappa shape index (κ2) is 6.60. The van der Waals surface area contributed by atoms with Gasteiger partial charge in [-0.15, -0.1) is 0 Å². The standard InChI is InChI=1S/C15H18N4O2/c1-18(10-11-19-9-5-4-8-14(19)20)13-7-3-2-6-12(13)15(16)17-21/h2-9,21H,10-11H2,1H3,(H2,16,17). The molecule has 110 valence electrons. The van der Waals surface area contributed by atoms with E-state index in [1.165, 1.54) is 6.07 Å². The number of benzene rings is 1. The second-order valence-corrected chi connectivity index (χ2v) is 4.66. The van der Waals surface area contributed by atoms with E-state index in [-0.39, 0.29) is 11.4 Å². The van der Waals surface area contributed by atoms with Crippen molar-refractivity contribution in [3.8, 4) is 0 Å². The van der Waals surface area contributed by atoms with Crippen molar-refractivity contribution in [2.45, 2.75) is 6.54 Å². The minimum atomic E-state index is -0.0318. The molecule has 1 heterocycles. The van der Waals surface area contributed by atoms with Crippen LogP contribution in [0.4, 0.5) is 5.69 Å². The lowest BCUT2D eigenvalue weighted by Crippen LogP contribution is -2.29. The molecule has 2 rings (SSSR count). The van der Waals surface area contributed by atoms with Crippen molar-refractivity contribution >= 4 is 11.5 Å². The summed E-state index contributed by atoms with van der Waals surface area (Å²) < 4.78 is 1.64. The van der Waals surface area contributed by atoms with Crippen LogP contribution in [0.2, 0.25) is 0 Å². The molecule has 0 amide bonds. The number of likely N-dealkylation sites (N-methyl/N-ethyl adjacent to an activating group) is 1. The molecule has 1 aromatic carbocycles. The topological polar surface area (TPSA) is 83.9 Å². The molecule has 0 unspecified atom stereocenters. The van der Waals surface area contributed by atoms with Gasteiger partial charge in [0.15, 0.2) is 5.84 Å². The van der Waals surface area contributed by atoms with Crippen LogP contribution < -0.4 is 16.2 Å². The predicted molar refractivity (Wildman–Crippen MR) is 82.9 cm³/mol. The molecule has 2 aromatic rings. The molecule has 0 saturated heterocycles. The van der Waals surface area contributed by atoms with Crippen LogP contribution in [0.3, 0.4) is 0 Å². The van der Waals surface area contributed by atoms with Crippen molar-refractivity contribution in [2.24, 2.45) is 10.9 Å². The SMILES string of the molecule is CN(CCn1ccccc1=O)c1ccccc1/C(N)=N/O. The number of rotatable bonds is 5. The average Bonchev–Trinajstić information content (AvgIpc) is 2.53. The minimum absolute atomic E-state index is 0.0318. The van der Waals surface area contributed by atoms with Crippen molar-refractivity contribution in [2.75, 3.05) is 18.5 Å². The number of aromatic nitrogens is 1. The molecule has 0 radical (unpaired) electrons. The maximum Gasteiger partial charge on any atom is 0.250 e. The van der Waals surface area contributed by atoms with Gasteiger partial charge in [-0.25, -0.2) is 0 Å². The van der Waals surface area contributed by atoms with Gasteiger partial charge in [0.05, 0.1) is 0 Å². The van der Waals surface area contributed by atoms with Crippen molar-refractivity contribution in [3.05, 3.63) is 64.6 Å². The van der Waals surface area contributed by atoms with Crippen LogP contribution in [0.5, 0.6) is 0 Å². The number of amidine groups is 1. The summed E-state index contributed by atoms with van der Waals surface area (Å²) in [5.74, 6) is 0.0642. The highest BCUT2D eigenvalue weighted by atomic mass is 16.4. The van der Waals surface area contributed by atoms with Crippen LogP contribution >= 0.6 is 0 Å². The lowest BCUT2D eigenvalue weighted by atomic mass is 10.1. The van der Waals surface area contributed by atoms with Crippen molar-refractivity contribution in [1.82, 2.24) is 4.57 Å². The lowest BCUT2D eigenvalue weighted by molar-refractivity contribution is 0.318. The Labute approximate surface area is 122 Å². The highest BCUT2D eigenvalue weighted by Crippen LogP contribution is 2.18. The third kappa shape index (κ3) is 3.42. The third-order valence-corrected chi connectivity index (χ3v) is 3.27. The van der Waals surface area contributed by atoms with E-state index in [9.17, 15) is 4.79 Å². The molecule has 0 bridgehead atoms. The van der Waals surface area contributed by atoms with E-state index in [2.05, 4.69) is 5.16 Å². The van der Waals surface area contributed by atoms with Crippen molar-refractivity contribution in [1.29, 1.82) is 0 Å². The molecular weight excluding hydrogens is 268 g/mol. The molecule has 6 heteroatoms. The summed E-state index contributed by atoms with van der Waals surface area (Å²) in [4.78, 5) is 13.6. The van der Waals surface area contributed by atoms with Gasteiger partial charge >= 0.3 is 0 Å². The van der Waals surface area contributed by atoms with E-state index >= 15 is 0 Å². The molecule has 0 saturated carbocycles. The second-order valence-electron chi connectivity index (χ2n) is 4.66. The van der Waals surface area contributed by atoms with Crippen LogP contribution in [-0.4, -0.2) is 29.2 Å². The Hall–Kier alpha value is -2.76. The van der Waals surface area contributed by atoms with E-state index in [1.807, 2.05) is 36.2 Å². The van der Waals surface area contributed by atoms with E-state index in [0.717, 1.165) is 5.69 Å². The maximum atomic E-state index is 11.7. The normalized spacial score (nSPS) is 11.4. The van der Waals surface area contributed by atoms with E-state index < -0.39 is 0 Å². The average molecular weight is 286 g/mol. The molecular formula is C15H18N4O2. The molecule has 0 fully saturated rings. The van der Waals surface area contributed by atoms with Crippen LogP contribution in [0.1, 0.15) is 5.56 Å². The highest BCUT2D eigenvalue weighted by molar-refractivity contribution is 6.02. The molecule has 0 spiro atoms. The van der Waals surface area contributed by atoms with E-state index in [0.29, 0.717) is 18.7 Å². The molecule has 21 heavy (non-hydrogen) atoms. The van der Waals surface area contributed by atoms with Gasteiger partial charge in [0.2, 0.25) is 0 Å². The zero-order valence-corrected chi connectivity index (χ0v) is 11.8. The number of nitrogens with two attached hydrogens (primary N) is 1. The largest absolute Gasteiger partial charge is 0.409 e. The fraction of sp³-hybridized carbons (Fsp3) is 0.200. The Balaban J connectivity index is 2.16. The van der Waals surface area contributed by atoms with Gasteiger partial charge < -0.3 is 20.4 Å². The summed E-state index contributed by atoms with van der Waals surface area (Å²) in [6.07, 6.45) is 1.76. The summed E-state index contributed by atoms with van der Waals surface area (Å²) in [6, 6.07) is 12.5. The first-order chi connectivity index (χ1) is 10.1. The van der Waals surface area contributed by atoms with Crippen LogP contribution in [0.25, 0.3) is 0 Å². The summed E-state index contributed by atoms with van der Waals surface area (Å²) >= 11 is 0. The molecule has 0 aliphatic heterocycles. The van der Waals surface area contributed by atoms with E-state index in [1.54, 1.807) is 22.9 Å². The maximum absolute atomic E-state index is 11.7. The molecule has 0 aliphatic carbocycles. The van der Waals surface area contributed by atoms with Crippen molar-refractivity contribution in [3.63, 3.8) is 0 Å². The molecule has 0 atom stereocenters. The fourth-order valence-electron chi connectivity index (χ4n) is 2.10. The van der Waals surface area contributed by atoms with Gasteiger partial charge in [0.1, 0.15) is 0 Å². The monoisotopic (exact) mass is 286 g/mol. The Morgan fingerprint density at radius 1 is 1.29 bits per heavy atom. The molecule has 1 aromatic heterocycles. The zero-order valence-electron chi connectivity index (χ0n) is 11.8. The van der Waals surface area contributed by atoms with Gasteiger partial charge in [-0.3, -0.25) is 4.79 Å². The first kappa shape index (κ1) is 14.6. The summed E-state index contributed by atoms with van der Waals surface area (Å²) in [5, 5.41) is 11.9. The first-order valence-corrected chi connectivity index (χ1v) is 6.57. The number of hydrogen-bond acceptors (Lipinski definition) is 4. The molecule has 6 nitrogen and oxygen atoms in total. The third-order valence-electron chi connectivity index (χ3n) is 3.27. The van der Waals surface area contributed by atoms with Gasteiger partial charge in [-0.05, 0) is 18.2 Å².